The van der Waals surface area contributed by atoms with Gasteiger partial charge in [0.1, 0.15) is 0 Å². The van der Waals surface area contributed by atoms with E-state index >= 15 is 0 Å². The van der Waals surface area contributed by atoms with Crippen LogP contribution in [-0.4, -0.2) is 0 Å². The third-order valence-corrected chi connectivity index (χ3v) is 3.77. The van der Waals surface area contributed by atoms with Crippen molar-refractivity contribution in [3.63, 3.8) is 0 Å². The lowest BCUT2D eigenvalue weighted by Crippen LogP contribution is -1.90. The number of hydrogen-bond acceptors (Lipinski definition) is 0. The van der Waals surface area contributed by atoms with Gasteiger partial charge in [0.05, 0.1) is 0 Å². The maximum Gasteiger partial charge on any atom is -0.0317 e. The van der Waals surface area contributed by atoms with Crippen molar-refractivity contribution in [2.75, 3.05) is 0 Å². The predicted octanol–water partition coefficient (Wildman–Crippen LogP) is 3.78. The molecule has 0 aromatic carbocycles. The Morgan fingerprint density at radius 2 is 1.58 bits per heavy atom. The average Bonchev–Trinajstić information content (AvgIpc) is 2.61. The van der Waals surface area contributed by atoms with Gasteiger partial charge in [-0.2, -0.15) is 0 Å². The molecule has 3 atom stereocenters. The number of fused-ring (bicyclic) bond motifs is 1. The Balaban J connectivity index is 1.84. The molecule has 1 unspecified atom stereocenters. The van der Waals surface area contributed by atoms with Gasteiger partial charge in [-0.15, -0.1) is 6.58 Å². The molecule has 0 nitrogen and oxygen atoms in total. The fourth-order valence-electron chi connectivity index (χ4n) is 3.04. The molecular formula is C12H20. The molecule has 0 aromatic heterocycles. The summed E-state index contributed by atoms with van der Waals surface area (Å²) in [6.45, 7) is 3.85. The summed E-state index contributed by atoms with van der Waals surface area (Å²) in [5, 5.41) is 0. The van der Waals surface area contributed by atoms with Gasteiger partial charge in [0.15, 0.2) is 0 Å². The molecule has 2 aliphatic carbocycles. The summed E-state index contributed by atoms with van der Waals surface area (Å²) in [6.07, 6.45) is 12.4. The van der Waals surface area contributed by atoms with E-state index in [9.17, 15) is 0 Å². The second-order valence-electron chi connectivity index (χ2n) is 4.51. The number of hydrogen-bond donors (Lipinski definition) is 0. The number of allylic oxidation sites excluding steroid dienone is 1. The highest BCUT2D eigenvalue weighted by molar-refractivity contribution is 4.99. The topological polar surface area (TPSA) is 0 Å². The Hall–Kier alpha value is -0.260. The molecule has 2 saturated carbocycles. The van der Waals surface area contributed by atoms with E-state index in [4.69, 9.17) is 0 Å². The molecule has 2 rings (SSSR count). The highest BCUT2D eigenvalue weighted by atomic mass is 14.5. The predicted molar refractivity (Wildman–Crippen MR) is 53.0 cm³/mol. The van der Waals surface area contributed by atoms with Crippen LogP contribution in [0.5, 0.6) is 0 Å². The van der Waals surface area contributed by atoms with Crippen LogP contribution in [0.25, 0.3) is 0 Å². The Morgan fingerprint density at radius 3 is 2.08 bits per heavy atom. The van der Waals surface area contributed by atoms with Gasteiger partial charge in [0.2, 0.25) is 0 Å². The van der Waals surface area contributed by atoms with Crippen molar-refractivity contribution >= 4 is 0 Å². The highest BCUT2D eigenvalue weighted by Crippen LogP contribution is 2.55. The first kappa shape index (κ1) is 8.34. The van der Waals surface area contributed by atoms with E-state index in [0.717, 1.165) is 17.8 Å². The van der Waals surface area contributed by atoms with Gasteiger partial charge in [0, 0.05) is 0 Å². The molecule has 0 spiro atoms. The zero-order valence-corrected chi connectivity index (χ0v) is 7.97. The molecule has 68 valence electrons. The first-order valence-corrected chi connectivity index (χ1v) is 5.54. The summed E-state index contributed by atoms with van der Waals surface area (Å²) in [6, 6.07) is 0. The lowest BCUT2D eigenvalue weighted by Gasteiger charge is -2.05. The maximum atomic E-state index is 3.85. The highest BCUT2D eigenvalue weighted by Gasteiger charge is 2.47. The van der Waals surface area contributed by atoms with Crippen molar-refractivity contribution in [1.29, 1.82) is 0 Å². The van der Waals surface area contributed by atoms with E-state index in [2.05, 4.69) is 12.7 Å². The first-order chi connectivity index (χ1) is 5.93. The van der Waals surface area contributed by atoms with E-state index < -0.39 is 0 Å². The minimum Gasteiger partial charge on any atom is -0.103 e. The van der Waals surface area contributed by atoms with Crippen molar-refractivity contribution in [3.8, 4) is 0 Å². The standard InChI is InChI=1S/C12H20/c1-2-7-10-11-8-5-3-4-6-9-12(10)11/h2,10-12H,1,3-9H2/t10?,11-,12+. The van der Waals surface area contributed by atoms with Crippen molar-refractivity contribution in [1.82, 2.24) is 0 Å². The van der Waals surface area contributed by atoms with E-state index in [-0.39, 0.29) is 0 Å². The van der Waals surface area contributed by atoms with Gasteiger partial charge in [-0.3, -0.25) is 0 Å². The van der Waals surface area contributed by atoms with Crippen LogP contribution < -0.4 is 0 Å². The van der Waals surface area contributed by atoms with E-state index in [1.807, 2.05) is 0 Å². The van der Waals surface area contributed by atoms with Gasteiger partial charge >= 0.3 is 0 Å². The largest absolute Gasteiger partial charge is 0.103 e. The monoisotopic (exact) mass is 164 g/mol. The summed E-state index contributed by atoms with van der Waals surface area (Å²) in [7, 11) is 0. The molecule has 0 heteroatoms. The minimum atomic E-state index is 1.04. The van der Waals surface area contributed by atoms with Crippen LogP contribution in [0.2, 0.25) is 0 Å². The molecular weight excluding hydrogens is 144 g/mol. The zero-order valence-electron chi connectivity index (χ0n) is 7.97. The lowest BCUT2D eigenvalue weighted by molar-refractivity contribution is 0.485. The van der Waals surface area contributed by atoms with Crippen molar-refractivity contribution in [2.24, 2.45) is 17.8 Å². The Morgan fingerprint density at radius 1 is 1.00 bits per heavy atom. The van der Waals surface area contributed by atoms with Gasteiger partial charge in [0.25, 0.3) is 0 Å². The molecule has 12 heavy (non-hydrogen) atoms. The number of rotatable bonds is 2. The molecule has 0 bridgehead atoms. The molecule has 0 aliphatic heterocycles. The fraction of sp³-hybridized carbons (Fsp3) is 0.833. The van der Waals surface area contributed by atoms with E-state index in [1.165, 1.54) is 44.9 Å². The van der Waals surface area contributed by atoms with Crippen LogP contribution in [-0.2, 0) is 0 Å². The summed E-state index contributed by atoms with van der Waals surface area (Å²) in [5.41, 5.74) is 0. The molecule has 0 aromatic rings. The van der Waals surface area contributed by atoms with Crippen LogP contribution >= 0.6 is 0 Å². The Labute approximate surface area is 76.1 Å². The smallest absolute Gasteiger partial charge is 0.0317 e. The molecule has 2 aliphatic rings. The third kappa shape index (κ3) is 1.57. The fourth-order valence-corrected chi connectivity index (χ4v) is 3.04. The van der Waals surface area contributed by atoms with Crippen LogP contribution in [0, 0.1) is 17.8 Å². The first-order valence-electron chi connectivity index (χ1n) is 5.54. The third-order valence-electron chi connectivity index (χ3n) is 3.77. The van der Waals surface area contributed by atoms with Crippen LogP contribution in [0.15, 0.2) is 12.7 Å². The SMILES string of the molecule is C=CCC1[C@H]2CCCCCC[C@@H]12. The molecule has 0 saturated heterocycles. The normalized spacial score (nSPS) is 40.8. The summed E-state index contributed by atoms with van der Waals surface area (Å²) < 4.78 is 0. The van der Waals surface area contributed by atoms with E-state index in [1.54, 1.807) is 0 Å². The Kier molecular flexibility index (Phi) is 2.53. The maximum absolute atomic E-state index is 3.85. The zero-order chi connectivity index (χ0) is 8.39. The van der Waals surface area contributed by atoms with Crippen LogP contribution in [0.4, 0.5) is 0 Å². The quantitative estimate of drug-likeness (QED) is 0.545. The van der Waals surface area contributed by atoms with Crippen LogP contribution in [0.1, 0.15) is 44.9 Å². The van der Waals surface area contributed by atoms with Crippen LogP contribution in [0.3, 0.4) is 0 Å². The van der Waals surface area contributed by atoms with Crippen molar-refractivity contribution in [3.05, 3.63) is 12.7 Å². The summed E-state index contributed by atoms with van der Waals surface area (Å²) in [5.74, 6) is 3.24. The lowest BCUT2D eigenvalue weighted by atomic mass is 10.0. The second kappa shape index (κ2) is 3.64. The molecule has 2 fully saturated rings. The summed E-state index contributed by atoms with van der Waals surface area (Å²) >= 11 is 0. The molecule has 0 heterocycles. The second-order valence-corrected chi connectivity index (χ2v) is 4.51. The van der Waals surface area contributed by atoms with Crippen molar-refractivity contribution in [2.45, 2.75) is 44.9 Å². The van der Waals surface area contributed by atoms with Gasteiger partial charge in [-0.1, -0.05) is 31.8 Å². The molecule has 0 N–H and O–H groups in total. The van der Waals surface area contributed by atoms with Gasteiger partial charge in [-0.25, -0.2) is 0 Å². The average molecular weight is 164 g/mol. The van der Waals surface area contributed by atoms with Gasteiger partial charge in [-0.05, 0) is 37.0 Å². The Bertz CT molecular complexity index is 145. The van der Waals surface area contributed by atoms with Crippen molar-refractivity contribution < 1.29 is 0 Å². The summed E-state index contributed by atoms with van der Waals surface area (Å²) in [4.78, 5) is 0. The van der Waals surface area contributed by atoms with Gasteiger partial charge < -0.3 is 0 Å². The minimum absolute atomic E-state index is 1.04. The molecule has 0 amide bonds. The molecule has 0 radical (unpaired) electrons. The van der Waals surface area contributed by atoms with E-state index in [0.29, 0.717) is 0 Å².